The first kappa shape index (κ1) is 42.1. The molecule has 0 aromatic heterocycles. The summed E-state index contributed by atoms with van der Waals surface area (Å²) in [4.78, 5) is 0. The Balaban J connectivity index is 0.00000193. The van der Waals surface area contributed by atoms with Crippen LogP contribution >= 0.6 is 15.8 Å². The molecule has 0 saturated heterocycles. The van der Waals surface area contributed by atoms with Crippen LogP contribution in [0.2, 0.25) is 0 Å². The third-order valence-corrected chi connectivity index (χ3v) is 15.3. The van der Waals surface area contributed by atoms with Gasteiger partial charge in [0, 0.05) is 20.4 Å². The van der Waals surface area contributed by atoms with Gasteiger partial charge in [-0.3, -0.25) is 0 Å². The molecule has 6 aromatic rings. The SMILES string of the molecule is Cc1cc(C)cc([PH+](c2cc(C)cc(C)c2)c2ccc3c(c2-c2c([PH+](c4cc(C)cc(C)c4)c4cc(C)cc(C)c4)ccc4c2OCO4)OCO3)c1.[OH3+].[OH3+].[Pd]. The van der Waals surface area contributed by atoms with Gasteiger partial charge in [0.1, 0.15) is 31.8 Å². The number of ether oxygens (including phenoxy) is 4. The quantitative estimate of drug-likeness (QED) is 0.105. The molecule has 0 fully saturated rings. The zero-order chi connectivity index (χ0) is 36.3. The summed E-state index contributed by atoms with van der Waals surface area (Å²) >= 11 is 0. The Morgan fingerprint density at radius 3 is 0.873 bits per heavy atom. The van der Waals surface area contributed by atoms with E-state index in [9.17, 15) is 0 Å². The summed E-state index contributed by atoms with van der Waals surface area (Å²) < 4.78 is 25.4. The zero-order valence-electron chi connectivity index (χ0n) is 32.8. The van der Waals surface area contributed by atoms with Crippen LogP contribution in [0.25, 0.3) is 11.1 Å². The molecule has 0 spiro atoms. The van der Waals surface area contributed by atoms with Gasteiger partial charge in [0.2, 0.25) is 13.6 Å². The largest absolute Gasteiger partial charge is 0.457 e. The number of aryl methyl sites for hydroxylation is 8. The van der Waals surface area contributed by atoms with Gasteiger partial charge in [-0.25, -0.2) is 0 Å². The third kappa shape index (κ3) is 8.26. The van der Waals surface area contributed by atoms with E-state index in [4.69, 9.17) is 18.9 Å². The fourth-order valence-corrected chi connectivity index (χ4v) is 14.7. The number of fused-ring (bicyclic) bond motifs is 2. The minimum Gasteiger partial charge on any atom is -0.457 e. The molecule has 2 heterocycles. The molecule has 6 aromatic carbocycles. The van der Waals surface area contributed by atoms with Gasteiger partial charge in [-0.05, 0) is 173 Å². The molecule has 0 bridgehead atoms. The van der Waals surface area contributed by atoms with Crippen molar-refractivity contribution in [2.45, 2.75) is 55.4 Å². The zero-order valence-corrected chi connectivity index (χ0v) is 36.3. The van der Waals surface area contributed by atoms with Gasteiger partial charge in [-0.1, -0.05) is 24.3 Å². The molecule has 6 N–H and O–H groups in total. The van der Waals surface area contributed by atoms with Crippen LogP contribution in [-0.4, -0.2) is 13.6 Å². The second kappa shape index (κ2) is 17.0. The molecule has 9 heteroatoms. The van der Waals surface area contributed by atoms with Gasteiger partial charge in [-0.2, -0.15) is 0 Å². The first-order valence-electron chi connectivity index (χ1n) is 18.0. The Morgan fingerprint density at radius 2 is 0.618 bits per heavy atom. The van der Waals surface area contributed by atoms with E-state index in [-0.39, 0.29) is 45.0 Å². The Labute approximate surface area is 341 Å². The molecule has 8 rings (SSSR count). The molecule has 0 saturated carbocycles. The number of rotatable bonds is 7. The van der Waals surface area contributed by atoms with Crippen LogP contribution < -0.4 is 50.8 Å². The van der Waals surface area contributed by atoms with Crippen LogP contribution in [0.3, 0.4) is 0 Å². The molecule has 0 aliphatic carbocycles. The molecular weight excluding hydrogens is 817 g/mol. The van der Waals surface area contributed by atoms with Crippen molar-refractivity contribution < 1.29 is 50.3 Å². The smallest absolute Gasteiger partial charge is 0.231 e. The van der Waals surface area contributed by atoms with E-state index in [0.717, 1.165) is 34.1 Å². The first-order chi connectivity index (χ1) is 25.0. The van der Waals surface area contributed by atoms with Gasteiger partial charge in [0.15, 0.2) is 23.0 Å². The molecule has 0 amide bonds. The Bertz CT molecular complexity index is 2040. The van der Waals surface area contributed by atoms with Crippen molar-refractivity contribution in [3.8, 4) is 34.1 Å². The number of hydrogen-bond acceptors (Lipinski definition) is 4. The van der Waals surface area contributed by atoms with E-state index in [0.29, 0.717) is 0 Å². The fraction of sp³-hybridized carbons (Fsp3) is 0.217. The number of hydrogen-bond donors (Lipinski definition) is 0. The minimum atomic E-state index is -1.60. The Hall–Kier alpha value is -4.04. The predicted molar refractivity (Wildman–Crippen MR) is 232 cm³/mol. The van der Waals surface area contributed by atoms with E-state index in [1.807, 2.05) is 0 Å². The van der Waals surface area contributed by atoms with Gasteiger partial charge in [-0.15, -0.1) is 0 Å². The van der Waals surface area contributed by atoms with E-state index in [1.165, 1.54) is 76.3 Å². The Morgan fingerprint density at radius 1 is 0.364 bits per heavy atom. The van der Waals surface area contributed by atoms with E-state index < -0.39 is 15.8 Å². The average Bonchev–Trinajstić information content (AvgIpc) is 3.74. The van der Waals surface area contributed by atoms with Crippen molar-refractivity contribution in [1.82, 2.24) is 0 Å². The fourth-order valence-electron chi connectivity index (χ4n) is 8.29. The van der Waals surface area contributed by atoms with Crippen LogP contribution in [0.15, 0.2) is 97.1 Å². The maximum absolute atomic E-state index is 6.53. The summed E-state index contributed by atoms with van der Waals surface area (Å²) in [6, 6.07) is 36.9. The standard InChI is InChI=1S/C46H44O4P2.2H2O.Pd/c1-27-13-28(2)18-35(17-27)51(36-19-29(3)14-30(4)20-36)41-11-9-39-45(49-25-47-39)43(41)44-42(12-10-40-46(44)50-26-48-40)52(37-21-31(5)15-32(6)22-37)38-23-33(7)16-34(8)24-38;;;/h9-24H,25-26H2,1-8H3;2*1H2;/p+4. The van der Waals surface area contributed by atoms with E-state index in [1.54, 1.807) is 0 Å². The molecule has 0 unspecified atom stereocenters. The Kier molecular flexibility index (Phi) is 13.0. The van der Waals surface area contributed by atoms with Crippen molar-refractivity contribution in [2.24, 2.45) is 0 Å². The van der Waals surface area contributed by atoms with Crippen molar-refractivity contribution in [1.29, 1.82) is 0 Å². The summed E-state index contributed by atoms with van der Waals surface area (Å²) in [6.45, 7) is 18.0. The van der Waals surface area contributed by atoms with Gasteiger partial charge >= 0.3 is 0 Å². The topological polar surface area (TPSA) is 103 Å². The van der Waals surface area contributed by atoms with Crippen LogP contribution in [-0.2, 0) is 31.4 Å². The second-order valence-electron chi connectivity index (χ2n) is 14.7. The van der Waals surface area contributed by atoms with Crippen LogP contribution in [0.4, 0.5) is 0 Å². The first-order valence-corrected chi connectivity index (χ1v) is 21.0. The average molecular weight is 869 g/mol. The maximum atomic E-state index is 6.53. The van der Waals surface area contributed by atoms with Crippen LogP contribution in [0.1, 0.15) is 44.5 Å². The van der Waals surface area contributed by atoms with Crippen LogP contribution in [0, 0.1) is 55.4 Å². The summed E-state index contributed by atoms with van der Waals surface area (Å²) in [7, 11) is -3.19. The number of benzene rings is 6. The maximum Gasteiger partial charge on any atom is 0.231 e. The van der Waals surface area contributed by atoms with Crippen molar-refractivity contribution in [3.63, 3.8) is 0 Å². The summed E-state index contributed by atoms with van der Waals surface area (Å²) in [6.07, 6.45) is 0. The summed E-state index contributed by atoms with van der Waals surface area (Å²) in [5, 5.41) is 7.86. The summed E-state index contributed by atoms with van der Waals surface area (Å²) in [5.41, 5.74) is 12.2. The predicted octanol–water partition coefficient (Wildman–Crippen LogP) is 6.41. The molecule has 0 atom stereocenters. The van der Waals surface area contributed by atoms with Crippen molar-refractivity contribution in [3.05, 3.63) is 142 Å². The van der Waals surface area contributed by atoms with Crippen molar-refractivity contribution >= 4 is 47.7 Å². The normalized spacial score (nSPS) is 12.3. The monoisotopic (exact) mass is 868 g/mol. The molecule has 288 valence electrons. The third-order valence-electron chi connectivity index (χ3n) is 9.91. The van der Waals surface area contributed by atoms with Crippen LogP contribution in [0.5, 0.6) is 23.0 Å². The van der Waals surface area contributed by atoms with E-state index in [2.05, 4.69) is 152 Å². The van der Waals surface area contributed by atoms with Gasteiger partial charge in [0.25, 0.3) is 0 Å². The molecule has 2 aliphatic heterocycles. The molecule has 0 radical (unpaired) electrons. The minimum absolute atomic E-state index is 0. The van der Waals surface area contributed by atoms with E-state index >= 15 is 0 Å². The van der Waals surface area contributed by atoms with Gasteiger partial charge < -0.3 is 29.9 Å². The van der Waals surface area contributed by atoms with Crippen molar-refractivity contribution in [2.75, 3.05) is 13.6 Å². The molecule has 6 nitrogen and oxygen atoms in total. The summed E-state index contributed by atoms with van der Waals surface area (Å²) in [5.74, 6) is 3.08. The van der Waals surface area contributed by atoms with Gasteiger partial charge in [0.05, 0.1) is 27.0 Å². The molecular formula is C46H52O6P2Pd+4. The molecule has 2 aliphatic rings. The molecule has 55 heavy (non-hydrogen) atoms. The second-order valence-corrected chi connectivity index (χ2v) is 19.6.